The second-order valence-electron chi connectivity index (χ2n) is 4.88. The topological polar surface area (TPSA) is 76.3 Å². The van der Waals surface area contributed by atoms with E-state index in [0.717, 1.165) is 24.7 Å². The Labute approximate surface area is 110 Å². The van der Waals surface area contributed by atoms with Crippen LogP contribution >= 0.6 is 11.3 Å². The number of nitrogens with zero attached hydrogens (tertiary/aromatic N) is 3. The summed E-state index contributed by atoms with van der Waals surface area (Å²) in [6.07, 6.45) is 5.48. The lowest BCUT2D eigenvalue weighted by molar-refractivity contribution is -0.0911. The number of nitrogens with one attached hydrogen (secondary N) is 1. The predicted molar refractivity (Wildman–Crippen MR) is 70.1 cm³/mol. The van der Waals surface area contributed by atoms with Gasteiger partial charge in [0.05, 0.1) is 19.3 Å². The molecule has 7 heteroatoms. The molecule has 2 aliphatic rings. The van der Waals surface area contributed by atoms with Crippen LogP contribution in [0.2, 0.25) is 0 Å². The minimum atomic E-state index is 0.424. The van der Waals surface area contributed by atoms with E-state index in [1.807, 2.05) is 0 Å². The van der Waals surface area contributed by atoms with E-state index >= 15 is 0 Å². The summed E-state index contributed by atoms with van der Waals surface area (Å²) in [5.74, 6) is 5.33. The van der Waals surface area contributed by atoms with Crippen molar-refractivity contribution in [3.05, 3.63) is 5.01 Å². The first kappa shape index (κ1) is 12.3. The van der Waals surface area contributed by atoms with E-state index in [4.69, 9.17) is 10.6 Å². The molecule has 0 bridgehead atoms. The molecule has 0 spiro atoms. The van der Waals surface area contributed by atoms with E-state index in [-0.39, 0.29) is 0 Å². The molecule has 1 aliphatic heterocycles. The van der Waals surface area contributed by atoms with Crippen LogP contribution in [0, 0.1) is 0 Å². The monoisotopic (exact) mass is 269 g/mol. The lowest BCUT2D eigenvalue weighted by Gasteiger charge is -2.43. The first-order valence-corrected chi connectivity index (χ1v) is 7.33. The third kappa shape index (κ3) is 2.49. The molecule has 1 saturated heterocycles. The fraction of sp³-hybridized carbons (Fsp3) is 0.818. The van der Waals surface area contributed by atoms with Crippen molar-refractivity contribution >= 4 is 16.5 Å². The molecule has 3 rings (SSSR count). The Morgan fingerprint density at radius 1 is 1.39 bits per heavy atom. The highest BCUT2D eigenvalue weighted by atomic mass is 32.1. The molecular formula is C11H19N5OS. The highest BCUT2D eigenvalue weighted by molar-refractivity contribution is 7.15. The summed E-state index contributed by atoms with van der Waals surface area (Å²) in [6.45, 7) is 2.69. The van der Waals surface area contributed by atoms with Gasteiger partial charge in [0.2, 0.25) is 5.13 Å². The second-order valence-corrected chi connectivity index (χ2v) is 5.94. The summed E-state index contributed by atoms with van der Waals surface area (Å²) in [4.78, 5) is 2.49. The SMILES string of the molecule is NNc1nnc(CN2CCOC3CCCCC32)s1. The molecule has 3 N–H and O–H groups in total. The average molecular weight is 269 g/mol. The van der Waals surface area contributed by atoms with E-state index in [1.54, 1.807) is 0 Å². The van der Waals surface area contributed by atoms with E-state index in [1.165, 1.54) is 37.0 Å². The maximum atomic E-state index is 5.87. The fourth-order valence-corrected chi connectivity index (χ4v) is 3.60. The molecule has 18 heavy (non-hydrogen) atoms. The summed E-state index contributed by atoms with van der Waals surface area (Å²) < 4.78 is 5.87. The molecule has 0 aromatic carbocycles. The van der Waals surface area contributed by atoms with E-state index in [2.05, 4.69) is 20.5 Å². The summed E-state index contributed by atoms with van der Waals surface area (Å²) >= 11 is 1.53. The van der Waals surface area contributed by atoms with Crippen molar-refractivity contribution in [1.82, 2.24) is 15.1 Å². The summed E-state index contributed by atoms with van der Waals surface area (Å²) in [5.41, 5.74) is 2.54. The molecule has 2 atom stereocenters. The molecule has 2 fully saturated rings. The first-order chi connectivity index (χ1) is 8.86. The predicted octanol–water partition coefficient (Wildman–Crippen LogP) is 0.967. The van der Waals surface area contributed by atoms with Crippen molar-refractivity contribution in [3.63, 3.8) is 0 Å². The van der Waals surface area contributed by atoms with Gasteiger partial charge in [-0.25, -0.2) is 5.84 Å². The zero-order valence-electron chi connectivity index (χ0n) is 10.3. The third-order valence-corrected chi connectivity index (χ3v) is 4.62. The van der Waals surface area contributed by atoms with E-state index in [0.29, 0.717) is 17.3 Å². The van der Waals surface area contributed by atoms with Crippen LogP contribution in [0.3, 0.4) is 0 Å². The van der Waals surface area contributed by atoms with Gasteiger partial charge in [-0.15, -0.1) is 10.2 Å². The zero-order chi connectivity index (χ0) is 12.4. The minimum absolute atomic E-state index is 0.424. The van der Waals surface area contributed by atoms with Gasteiger partial charge in [-0.05, 0) is 12.8 Å². The van der Waals surface area contributed by atoms with Crippen LogP contribution in [0.15, 0.2) is 0 Å². The Kier molecular flexibility index (Phi) is 3.74. The number of hydrogen-bond donors (Lipinski definition) is 2. The Bertz CT molecular complexity index is 397. The number of rotatable bonds is 3. The van der Waals surface area contributed by atoms with Gasteiger partial charge < -0.3 is 4.74 Å². The zero-order valence-corrected chi connectivity index (χ0v) is 11.2. The minimum Gasteiger partial charge on any atom is -0.375 e. The fourth-order valence-electron chi connectivity index (χ4n) is 2.92. The van der Waals surface area contributed by atoms with Gasteiger partial charge in [-0.3, -0.25) is 10.3 Å². The van der Waals surface area contributed by atoms with Gasteiger partial charge in [-0.2, -0.15) is 0 Å². The molecule has 0 amide bonds. The van der Waals surface area contributed by atoms with Crippen LogP contribution < -0.4 is 11.3 Å². The Balaban J connectivity index is 1.66. The van der Waals surface area contributed by atoms with E-state index in [9.17, 15) is 0 Å². The van der Waals surface area contributed by atoms with Gasteiger partial charge in [0, 0.05) is 12.6 Å². The molecule has 2 unspecified atom stereocenters. The van der Waals surface area contributed by atoms with Crippen LogP contribution in [-0.2, 0) is 11.3 Å². The van der Waals surface area contributed by atoms with Gasteiger partial charge in [0.25, 0.3) is 0 Å². The average Bonchev–Trinajstić information content (AvgIpc) is 2.87. The van der Waals surface area contributed by atoms with Crippen molar-refractivity contribution in [2.45, 2.75) is 44.4 Å². The number of fused-ring (bicyclic) bond motifs is 1. The molecular weight excluding hydrogens is 250 g/mol. The molecule has 1 aromatic rings. The highest BCUT2D eigenvalue weighted by Gasteiger charge is 2.34. The molecule has 1 aliphatic carbocycles. The molecule has 1 aromatic heterocycles. The number of morpholine rings is 1. The Morgan fingerprint density at radius 2 is 2.28 bits per heavy atom. The summed E-state index contributed by atoms with van der Waals surface area (Å²) in [5, 5.41) is 9.84. The van der Waals surface area contributed by atoms with Crippen molar-refractivity contribution in [3.8, 4) is 0 Å². The third-order valence-electron chi connectivity index (χ3n) is 3.78. The second kappa shape index (κ2) is 5.48. The van der Waals surface area contributed by atoms with Crippen LogP contribution in [0.5, 0.6) is 0 Å². The van der Waals surface area contributed by atoms with Gasteiger partial charge in [0.15, 0.2) is 0 Å². The van der Waals surface area contributed by atoms with Crippen LogP contribution in [0.25, 0.3) is 0 Å². The number of anilines is 1. The summed E-state index contributed by atoms with van der Waals surface area (Å²) in [7, 11) is 0. The van der Waals surface area contributed by atoms with Gasteiger partial charge in [-0.1, -0.05) is 24.2 Å². The molecule has 6 nitrogen and oxygen atoms in total. The lowest BCUT2D eigenvalue weighted by Crippen LogP contribution is -2.52. The number of ether oxygens (including phenoxy) is 1. The van der Waals surface area contributed by atoms with Crippen LogP contribution in [0.4, 0.5) is 5.13 Å². The van der Waals surface area contributed by atoms with Crippen molar-refractivity contribution in [2.75, 3.05) is 18.6 Å². The quantitative estimate of drug-likeness (QED) is 0.629. The molecule has 2 heterocycles. The number of nitrogen functional groups attached to an aromatic ring is 1. The van der Waals surface area contributed by atoms with Gasteiger partial charge >= 0.3 is 0 Å². The van der Waals surface area contributed by atoms with Crippen LogP contribution in [-0.4, -0.2) is 40.4 Å². The highest BCUT2D eigenvalue weighted by Crippen LogP contribution is 2.30. The molecule has 0 radical (unpaired) electrons. The Morgan fingerprint density at radius 3 is 3.11 bits per heavy atom. The van der Waals surface area contributed by atoms with E-state index < -0.39 is 0 Å². The van der Waals surface area contributed by atoms with Crippen LogP contribution in [0.1, 0.15) is 30.7 Å². The van der Waals surface area contributed by atoms with Crippen molar-refractivity contribution < 1.29 is 4.74 Å². The lowest BCUT2D eigenvalue weighted by atomic mass is 9.90. The smallest absolute Gasteiger partial charge is 0.219 e. The number of aromatic nitrogens is 2. The van der Waals surface area contributed by atoms with Crippen molar-refractivity contribution in [1.29, 1.82) is 0 Å². The summed E-state index contributed by atoms with van der Waals surface area (Å²) in [6, 6.07) is 0.561. The molecule has 100 valence electrons. The molecule has 1 saturated carbocycles. The first-order valence-electron chi connectivity index (χ1n) is 6.51. The van der Waals surface area contributed by atoms with Gasteiger partial charge in [0.1, 0.15) is 5.01 Å². The number of hydrogen-bond acceptors (Lipinski definition) is 7. The normalized spacial score (nSPS) is 28.9. The largest absolute Gasteiger partial charge is 0.375 e. The standard InChI is InChI=1S/C11H19N5OS/c12-13-11-15-14-10(18-11)7-16-5-6-17-9-4-2-1-3-8(9)16/h8-9H,1-7,12H2,(H,13,15). The number of hydrazine groups is 1. The maximum absolute atomic E-state index is 5.87. The number of nitrogens with two attached hydrogens (primary N) is 1. The maximum Gasteiger partial charge on any atom is 0.219 e. The van der Waals surface area contributed by atoms with Crippen molar-refractivity contribution in [2.24, 2.45) is 5.84 Å². The Hall–Kier alpha value is -0.760.